The predicted molar refractivity (Wildman–Crippen MR) is 81.9 cm³/mol. The Kier molecular flexibility index (Phi) is 3.95. The van der Waals surface area contributed by atoms with E-state index in [0.717, 1.165) is 48.5 Å². The summed E-state index contributed by atoms with van der Waals surface area (Å²) in [6, 6.07) is 7.70. The molecule has 1 aromatic carbocycles. The minimum atomic E-state index is 0.163. The van der Waals surface area contributed by atoms with Gasteiger partial charge in [-0.05, 0) is 36.8 Å². The zero-order valence-electron chi connectivity index (χ0n) is 12.7. The van der Waals surface area contributed by atoms with Crippen LogP contribution in [0.5, 0.6) is 0 Å². The van der Waals surface area contributed by atoms with E-state index in [1.54, 1.807) is 0 Å². The molecule has 0 bridgehead atoms. The largest absolute Gasteiger partial charge is 0.356 e. The number of carbonyl (C=O) groups excluding carboxylic acids is 1. The van der Waals surface area contributed by atoms with Gasteiger partial charge in [0.1, 0.15) is 5.69 Å². The first kappa shape index (κ1) is 14.1. The molecule has 112 valence electrons. The molecule has 21 heavy (non-hydrogen) atoms. The Morgan fingerprint density at radius 1 is 1.33 bits per heavy atom. The average molecular weight is 286 g/mol. The first-order chi connectivity index (χ1) is 10.1. The van der Waals surface area contributed by atoms with Crippen LogP contribution in [-0.4, -0.2) is 29.1 Å². The van der Waals surface area contributed by atoms with Crippen molar-refractivity contribution in [2.75, 3.05) is 13.1 Å². The Bertz CT molecular complexity index is 625. The van der Waals surface area contributed by atoms with E-state index in [1.807, 2.05) is 29.2 Å². The zero-order chi connectivity index (χ0) is 14.8. The van der Waals surface area contributed by atoms with Crippen molar-refractivity contribution in [3.8, 4) is 0 Å². The minimum absolute atomic E-state index is 0.163. The molecule has 1 aliphatic rings. The Balaban J connectivity index is 1.65. The quantitative estimate of drug-likeness (QED) is 0.870. The number of nitrogens with zero attached hydrogens (tertiary/aromatic N) is 2. The fraction of sp³-hybridized carbons (Fsp3) is 0.529. The second-order valence-corrected chi connectivity index (χ2v) is 6.26. The van der Waals surface area contributed by atoms with Gasteiger partial charge in [0.15, 0.2) is 5.58 Å². The summed E-state index contributed by atoms with van der Waals surface area (Å²) in [5.41, 5.74) is 1.50. The van der Waals surface area contributed by atoms with Crippen LogP contribution in [0.4, 0.5) is 0 Å². The summed E-state index contributed by atoms with van der Waals surface area (Å²) in [5, 5.41) is 5.00. The number of amides is 1. The highest BCUT2D eigenvalue weighted by molar-refractivity contribution is 5.86. The predicted octanol–water partition coefficient (Wildman–Crippen LogP) is 3.26. The first-order valence-corrected chi connectivity index (χ1v) is 7.76. The van der Waals surface area contributed by atoms with Crippen LogP contribution >= 0.6 is 0 Å². The number of likely N-dealkylation sites (tertiary alicyclic amines) is 1. The molecule has 0 unspecified atom stereocenters. The van der Waals surface area contributed by atoms with Gasteiger partial charge >= 0.3 is 0 Å². The lowest BCUT2D eigenvalue weighted by atomic mass is 9.86. The van der Waals surface area contributed by atoms with E-state index in [2.05, 4.69) is 19.0 Å². The lowest BCUT2D eigenvalue weighted by molar-refractivity contribution is -0.132. The molecule has 1 amide bonds. The summed E-state index contributed by atoms with van der Waals surface area (Å²) in [5.74, 6) is 1.62. The van der Waals surface area contributed by atoms with E-state index >= 15 is 0 Å². The van der Waals surface area contributed by atoms with Crippen molar-refractivity contribution in [2.45, 2.75) is 33.1 Å². The molecule has 0 saturated carbocycles. The van der Waals surface area contributed by atoms with Crippen molar-refractivity contribution < 1.29 is 9.32 Å². The molecule has 1 aliphatic heterocycles. The SMILES string of the molecule is CC(C)C1CCN(C(=O)Cc2noc3ccccc23)CC1. The van der Waals surface area contributed by atoms with Crippen molar-refractivity contribution in [1.82, 2.24) is 10.1 Å². The van der Waals surface area contributed by atoms with E-state index in [1.165, 1.54) is 0 Å². The molecule has 0 aliphatic carbocycles. The van der Waals surface area contributed by atoms with E-state index in [9.17, 15) is 4.79 Å². The fourth-order valence-corrected chi connectivity index (χ4v) is 3.14. The molecule has 0 N–H and O–H groups in total. The highest BCUT2D eigenvalue weighted by atomic mass is 16.5. The Morgan fingerprint density at radius 3 is 2.76 bits per heavy atom. The highest BCUT2D eigenvalue weighted by Crippen LogP contribution is 2.25. The van der Waals surface area contributed by atoms with Gasteiger partial charge in [-0.2, -0.15) is 0 Å². The van der Waals surface area contributed by atoms with E-state index in [-0.39, 0.29) is 5.91 Å². The van der Waals surface area contributed by atoms with Crippen molar-refractivity contribution in [3.05, 3.63) is 30.0 Å². The Hall–Kier alpha value is -1.84. The maximum atomic E-state index is 12.4. The zero-order valence-corrected chi connectivity index (χ0v) is 12.7. The number of benzene rings is 1. The van der Waals surface area contributed by atoms with Crippen LogP contribution in [0.2, 0.25) is 0 Å². The molecule has 3 rings (SSSR count). The van der Waals surface area contributed by atoms with Crippen LogP contribution in [0, 0.1) is 11.8 Å². The molecular weight excluding hydrogens is 264 g/mol. The second kappa shape index (κ2) is 5.88. The van der Waals surface area contributed by atoms with Gasteiger partial charge in [0.25, 0.3) is 0 Å². The molecule has 1 saturated heterocycles. The number of piperidine rings is 1. The minimum Gasteiger partial charge on any atom is -0.356 e. The number of para-hydroxylation sites is 1. The lowest BCUT2D eigenvalue weighted by Crippen LogP contribution is -2.40. The van der Waals surface area contributed by atoms with Gasteiger partial charge in [-0.1, -0.05) is 31.1 Å². The van der Waals surface area contributed by atoms with Crippen LogP contribution < -0.4 is 0 Å². The molecule has 1 fully saturated rings. The lowest BCUT2D eigenvalue weighted by Gasteiger charge is -2.33. The van der Waals surface area contributed by atoms with Gasteiger partial charge in [0.2, 0.25) is 5.91 Å². The van der Waals surface area contributed by atoms with Crippen molar-refractivity contribution >= 4 is 16.9 Å². The third-order valence-corrected chi connectivity index (χ3v) is 4.61. The van der Waals surface area contributed by atoms with E-state index in [0.29, 0.717) is 12.3 Å². The van der Waals surface area contributed by atoms with Gasteiger partial charge in [0, 0.05) is 18.5 Å². The van der Waals surface area contributed by atoms with Gasteiger partial charge in [-0.25, -0.2) is 0 Å². The van der Waals surface area contributed by atoms with Crippen molar-refractivity contribution in [3.63, 3.8) is 0 Å². The molecule has 0 spiro atoms. The Labute approximate surface area is 125 Å². The third-order valence-electron chi connectivity index (χ3n) is 4.61. The molecule has 0 atom stereocenters. The van der Waals surface area contributed by atoms with Gasteiger partial charge < -0.3 is 9.42 Å². The Morgan fingerprint density at radius 2 is 2.05 bits per heavy atom. The van der Waals surface area contributed by atoms with E-state index in [4.69, 9.17) is 4.52 Å². The number of carbonyl (C=O) groups is 1. The molecule has 2 aromatic rings. The monoisotopic (exact) mass is 286 g/mol. The molecule has 4 nitrogen and oxygen atoms in total. The standard InChI is InChI=1S/C17H22N2O2/c1-12(2)13-7-9-19(10-8-13)17(20)11-15-14-5-3-4-6-16(14)21-18-15/h3-6,12-13H,7-11H2,1-2H3. The van der Waals surface area contributed by atoms with Gasteiger partial charge in [0.05, 0.1) is 6.42 Å². The summed E-state index contributed by atoms with van der Waals surface area (Å²) in [6.07, 6.45) is 2.56. The molecule has 2 heterocycles. The number of fused-ring (bicyclic) bond motifs is 1. The summed E-state index contributed by atoms with van der Waals surface area (Å²) in [7, 11) is 0. The maximum absolute atomic E-state index is 12.4. The van der Waals surface area contributed by atoms with Crippen LogP contribution in [0.1, 0.15) is 32.4 Å². The summed E-state index contributed by atoms with van der Waals surface area (Å²) < 4.78 is 5.27. The second-order valence-electron chi connectivity index (χ2n) is 6.26. The smallest absolute Gasteiger partial charge is 0.228 e. The number of hydrogen-bond donors (Lipinski definition) is 0. The molecular formula is C17H22N2O2. The fourth-order valence-electron chi connectivity index (χ4n) is 3.14. The maximum Gasteiger partial charge on any atom is 0.228 e. The number of rotatable bonds is 3. The van der Waals surface area contributed by atoms with Gasteiger partial charge in [-0.15, -0.1) is 0 Å². The molecule has 0 radical (unpaired) electrons. The summed E-state index contributed by atoms with van der Waals surface area (Å²) in [4.78, 5) is 14.4. The first-order valence-electron chi connectivity index (χ1n) is 7.76. The number of aromatic nitrogens is 1. The topological polar surface area (TPSA) is 46.3 Å². The molecule has 1 aromatic heterocycles. The van der Waals surface area contributed by atoms with Crippen LogP contribution in [0.25, 0.3) is 11.0 Å². The normalized spacial score (nSPS) is 16.8. The van der Waals surface area contributed by atoms with E-state index < -0.39 is 0 Å². The third kappa shape index (κ3) is 2.94. The average Bonchev–Trinajstić information content (AvgIpc) is 2.91. The van der Waals surface area contributed by atoms with Crippen LogP contribution in [-0.2, 0) is 11.2 Å². The van der Waals surface area contributed by atoms with Crippen molar-refractivity contribution in [1.29, 1.82) is 0 Å². The number of hydrogen-bond acceptors (Lipinski definition) is 3. The summed E-state index contributed by atoms with van der Waals surface area (Å²) in [6.45, 7) is 6.28. The summed E-state index contributed by atoms with van der Waals surface area (Å²) >= 11 is 0. The van der Waals surface area contributed by atoms with Gasteiger partial charge in [-0.3, -0.25) is 4.79 Å². The van der Waals surface area contributed by atoms with Crippen LogP contribution in [0.15, 0.2) is 28.8 Å². The molecule has 4 heteroatoms. The van der Waals surface area contributed by atoms with Crippen LogP contribution in [0.3, 0.4) is 0 Å². The van der Waals surface area contributed by atoms with Crippen molar-refractivity contribution in [2.24, 2.45) is 11.8 Å². The highest BCUT2D eigenvalue weighted by Gasteiger charge is 2.25.